The SMILES string of the molecule is Cc1cc(N2CCSC(C)(C)C2)ccn1. The fourth-order valence-electron chi connectivity index (χ4n) is 1.96. The summed E-state index contributed by atoms with van der Waals surface area (Å²) in [6.07, 6.45) is 1.90. The second-order valence-electron chi connectivity index (χ2n) is 4.69. The minimum absolute atomic E-state index is 0.370. The van der Waals surface area contributed by atoms with E-state index >= 15 is 0 Å². The van der Waals surface area contributed by atoms with E-state index in [9.17, 15) is 0 Å². The lowest BCUT2D eigenvalue weighted by molar-refractivity contribution is 0.647. The van der Waals surface area contributed by atoms with E-state index in [-0.39, 0.29) is 0 Å². The normalized spacial score (nSPS) is 20.3. The van der Waals surface area contributed by atoms with Gasteiger partial charge < -0.3 is 4.90 Å². The summed E-state index contributed by atoms with van der Waals surface area (Å²) in [5, 5.41) is 0. The molecule has 2 heterocycles. The number of rotatable bonds is 1. The first kappa shape index (κ1) is 10.8. The van der Waals surface area contributed by atoms with Crippen molar-refractivity contribution in [3.05, 3.63) is 24.0 Å². The number of thioether (sulfide) groups is 1. The molecule has 0 N–H and O–H groups in total. The first-order valence-corrected chi connectivity index (χ1v) is 6.37. The van der Waals surface area contributed by atoms with Crippen LogP contribution in [0.5, 0.6) is 0 Å². The van der Waals surface area contributed by atoms with Gasteiger partial charge in [-0.05, 0) is 32.9 Å². The predicted octanol–water partition coefficient (Wildman–Crippen LogP) is 2.72. The molecule has 1 fully saturated rings. The Morgan fingerprint density at radius 3 is 2.93 bits per heavy atom. The van der Waals surface area contributed by atoms with Gasteiger partial charge in [0, 0.05) is 41.2 Å². The lowest BCUT2D eigenvalue weighted by Gasteiger charge is -2.39. The van der Waals surface area contributed by atoms with Crippen molar-refractivity contribution >= 4 is 17.4 Å². The molecule has 2 rings (SSSR count). The first-order chi connectivity index (χ1) is 7.07. The lowest BCUT2D eigenvalue weighted by atomic mass is 10.1. The third-order valence-corrected chi connectivity index (χ3v) is 3.97. The van der Waals surface area contributed by atoms with E-state index in [1.54, 1.807) is 0 Å². The molecule has 0 bridgehead atoms. The van der Waals surface area contributed by atoms with Crippen LogP contribution in [0.4, 0.5) is 5.69 Å². The lowest BCUT2D eigenvalue weighted by Crippen LogP contribution is -2.43. The average molecular weight is 222 g/mol. The zero-order valence-electron chi connectivity index (χ0n) is 9.66. The van der Waals surface area contributed by atoms with Crippen molar-refractivity contribution in [1.29, 1.82) is 0 Å². The summed E-state index contributed by atoms with van der Waals surface area (Å²) >= 11 is 2.07. The van der Waals surface area contributed by atoms with Gasteiger partial charge in [0.1, 0.15) is 0 Å². The van der Waals surface area contributed by atoms with Crippen LogP contribution < -0.4 is 4.90 Å². The molecule has 1 aromatic rings. The Morgan fingerprint density at radius 1 is 1.47 bits per heavy atom. The smallest absolute Gasteiger partial charge is 0.0400 e. The van der Waals surface area contributed by atoms with E-state index < -0.39 is 0 Å². The van der Waals surface area contributed by atoms with Gasteiger partial charge in [-0.2, -0.15) is 11.8 Å². The average Bonchev–Trinajstić information content (AvgIpc) is 2.16. The van der Waals surface area contributed by atoms with E-state index in [2.05, 4.69) is 47.6 Å². The summed E-state index contributed by atoms with van der Waals surface area (Å²) in [6.45, 7) is 8.96. The molecule has 0 aliphatic carbocycles. The number of anilines is 1. The topological polar surface area (TPSA) is 16.1 Å². The van der Waals surface area contributed by atoms with Crippen LogP contribution in [0.25, 0.3) is 0 Å². The number of aromatic nitrogens is 1. The zero-order valence-corrected chi connectivity index (χ0v) is 10.5. The predicted molar refractivity (Wildman–Crippen MR) is 67.7 cm³/mol. The third-order valence-electron chi connectivity index (χ3n) is 2.67. The highest BCUT2D eigenvalue weighted by Gasteiger charge is 2.27. The summed E-state index contributed by atoms with van der Waals surface area (Å²) in [4.78, 5) is 6.70. The maximum atomic E-state index is 4.24. The standard InChI is InChI=1S/C12H18N2S/c1-10-8-11(4-5-13-10)14-6-7-15-12(2,3)9-14/h4-5,8H,6-7,9H2,1-3H3. The maximum absolute atomic E-state index is 4.24. The van der Waals surface area contributed by atoms with Gasteiger partial charge in [-0.3, -0.25) is 4.98 Å². The first-order valence-electron chi connectivity index (χ1n) is 5.38. The molecule has 1 aliphatic rings. The van der Waals surface area contributed by atoms with Crippen LogP contribution in [0, 0.1) is 6.92 Å². The van der Waals surface area contributed by atoms with Crippen molar-refractivity contribution in [3.63, 3.8) is 0 Å². The molecular weight excluding hydrogens is 204 g/mol. The summed E-state index contributed by atoms with van der Waals surface area (Å²) < 4.78 is 0.370. The molecule has 3 heteroatoms. The van der Waals surface area contributed by atoms with Crippen LogP contribution in [0.3, 0.4) is 0 Å². The molecule has 1 saturated heterocycles. The summed E-state index contributed by atoms with van der Waals surface area (Å²) in [5.41, 5.74) is 2.42. The molecule has 0 aromatic carbocycles. The molecule has 0 saturated carbocycles. The van der Waals surface area contributed by atoms with Crippen molar-refractivity contribution < 1.29 is 0 Å². The quantitative estimate of drug-likeness (QED) is 0.727. The number of hydrogen-bond donors (Lipinski definition) is 0. The van der Waals surface area contributed by atoms with Gasteiger partial charge >= 0.3 is 0 Å². The summed E-state index contributed by atoms with van der Waals surface area (Å²) in [7, 11) is 0. The van der Waals surface area contributed by atoms with Crippen molar-refractivity contribution in [1.82, 2.24) is 4.98 Å². The Kier molecular flexibility index (Phi) is 2.91. The fraction of sp³-hybridized carbons (Fsp3) is 0.583. The Bertz CT molecular complexity index is 349. The van der Waals surface area contributed by atoms with Gasteiger partial charge in [0.15, 0.2) is 0 Å². The highest BCUT2D eigenvalue weighted by molar-refractivity contribution is 8.00. The van der Waals surface area contributed by atoms with Crippen molar-refractivity contribution in [2.24, 2.45) is 0 Å². The zero-order chi connectivity index (χ0) is 10.9. The van der Waals surface area contributed by atoms with E-state index in [1.807, 2.05) is 13.1 Å². The van der Waals surface area contributed by atoms with E-state index in [0.29, 0.717) is 4.75 Å². The monoisotopic (exact) mass is 222 g/mol. The molecule has 15 heavy (non-hydrogen) atoms. The van der Waals surface area contributed by atoms with Gasteiger partial charge in [0.05, 0.1) is 0 Å². The fourth-order valence-corrected chi connectivity index (χ4v) is 3.08. The van der Waals surface area contributed by atoms with Crippen LogP contribution in [0.1, 0.15) is 19.5 Å². The summed E-state index contributed by atoms with van der Waals surface area (Å²) in [6, 6.07) is 4.28. The maximum Gasteiger partial charge on any atom is 0.0400 e. The second-order valence-corrected chi connectivity index (χ2v) is 6.49. The molecule has 0 unspecified atom stereocenters. The minimum atomic E-state index is 0.370. The number of pyridine rings is 1. The van der Waals surface area contributed by atoms with Crippen LogP contribution in [0.15, 0.2) is 18.3 Å². The molecule has 2 nitrogen and oxygen atoms in total. The third kappa shape index (κ3) is 2.65. The van der Waals surface area contributed by atoms with Gasteiger partial charge in [0.25, 0.3) is 0 Å². The Balaban J connectivity index is 2.17. The summed E-state index contributed by atoms with van der Waals surface area (Å²) in [5.74, 6) is 1.22. The Hall–Kier alpha value is -0.700. The van der Waals surface area contributed by atoms with Crippen molar-refractivity contribution in [3.8, 4) is 0 Å². The van der Waals surface area contributed by atoms with Gasteiger partial charge in [-0.25, -0.2) is 0 Å². The second kappa shape index (κ2) is 4.05. The molecule has 0 atom stereocenters. The van der Waals surface area contributed by atoms with Crippen LogP contribution >= 0.6 is 11.8 Å². The Labute approximate surface area is 96.1 Å². The highest BCUT2D eigenvalue weighted by atomic mass is 32.2. The molecule has 0 amide bonds. The number of hydrogen-bond acceptors (Lipinski definition) is 3. The Morgan fingerprint density at radius 2 is 2.27 bits per heavy atom. The van der Waals surface area contributed by atoms with Crippen LogP contribution in [-0.4, -0.2) is 28.6 Å². The molecule has 1 aromatic heterocycles. The van der Waals surface area contributed by atoms with Crippen molar-refractivity contribution in [2.45, 2.75) is 25.5 Å². The van der Waals surface area contributed by atoms with E-state index in [0.717, 1.165) is 18.8 Å². The molecule has 82 valence electrons. The molecule has 0 radical (unpaired) electrons. The van der Waals surface area contributed by atoms with E-state index in [1.165, 1.54) is 11.4 Å². The number of aryl methyl sites for hydroxylation is 1. The largest absolute Gasteiger partial charge is 0.369 e. The van der Waals surface area contributed by atoms with Crippen LogP contribution in [-0.2, 0) is 0 Å². The number of nitrogens with zero attached hydrogens (tertiary/aromatic N) is 2. The van der Waals surface area contributed by atoms with Gasteiger partial charge in [-0.15, -0.1) is 0 Å². The molecule has 0 spiro atoms. The van der Waals surface area contributed by atoms with Crippen molar-refractivity contribution in [2.75, 3.05) is 23.7 Å². The van der Waals surface area contributed by atoms with Crippen LogP contribution in [0.2, 0.25) is 0 Å². The van der Waals surface area contributed by atoms with E-state index in [4.69, 9.17) is 0 Å². The molecular formula is C12H18N2S. The highest BCUT2D eigenvalue weighted by Crippen LogP contribution is 2.32. The minimum Gasteiger partial charge on any atom is -0.369 e. The van der Waals surface area contributed by atoms with Gasteiger partial charge in [0.2, 0.25) is 0 Å². The van der Waals surface area contributed by atoms with Gasteiger partial charge in [-0.1, -0.05) is 0 Å². The molecule has 1 aliphatic heterocycles.